The molecule has 1 saturated heterocycles. The van der Waals surface area contributed by atoms with E-state index in [1.807, 2.05) is 30.2 Å². The maximum Gasteiger partial charge on any atom is 0.253 e. The number of hydrogen-bond acceptors (Lipinski definition) is 5. The third-order valence-corrected chi connectivity index (χ3v) is 7.11. The molecule has 0 atom stereocenters. The third kappa shape index (κ3) is 4.22. The number of rotatable bonds is 5. The monoisotopic (exact) mass is 504 g/mol. The number of nitrogens with two attached hydrogens (primary N) is 1. The van der Waals surface area contributed by atoms with Crippen molar-refractivity contribution >= 4 is 34.9 Å². The van der Waals surface area contributed by atoms with Gasteiger partial charge < -0.3 is 20.4 Å². The zero-order valence-corrected chi connectivity index (χ0v) is 21.3. The minimum Gasteiger partial charge on any atom is -0.495 e. The summed E-state index contributed by atoms with van der Waals surface area (Å²) in [6, 6.07) is 7.22. The van der Waals surface area contributed by atoms with Crippen LogP contribution in [0.15, 0.2) is 42.7 Å². The molecule has 3 aromatic heterocycles. The molecule has 186 valence electrons. The number of aryl methyl sites for hydroxylation is 1. The zero-order chi connectivity index (χ0) is 25.4. The molecule has 8 nitrogen and oxygen atoms in total. The van der Waals surface area contributed by atoms with Crippen LogP contribution in [0.4, 0.5) is 5.82 Å². The van der Waals surface area contributed by atoms with Crippen molar-refractivity contribution in [3.63, 3.8) is 0 Å². The van der Waals surface area contributed by atoms with Gasteiger partial charge in [0.2, 0.25) is 0 Å². The van der Waals surface area contributed by atoms with E-state index in [9.17, 15) is 4.79 Å². The second-order valence-corrected chi connectivity index (χ2v) is 9.45. The molecule has 3 N–H and O–H groups in total. The van der Waals surface area contributed by atoms with E-state index in [-0.39, 0.29) is 11.8 Å². The number of nitrogens with zero attached hydrogens (tertiary/aromatic N) is 4. The Balaban J connectivity index is 1.42. The Labute approximate surface area is 214 Å². The number of aromatic nitrogens is 4. The summed E-state index contributed by atoms with van der Waals surface area (Å²) >= 11 is 6.13. The van der Waals surface area contributed by atoms with E-state index in [0.717, 1.165) is 46.8 Å². The van der Waals surface area contributed by atoms with E-state index in [1.165, 1.54) is 0 Å². The van der Waals surface area contributed by atoms with Crippen molar-refractivity contribution in [2.45, 2.75) is 32.6 Å². The molecule has 0 saturated carbocycles. The van der Waals surface area contributed by atoms with Gasteiger partial charge in [-0.05, 0) is 62.6 Å². The summed E-state index contributed by atoms with van der Waals surface area (Å²) in [7, 11) is 1.54. The number of imidazole rings is 1. The van der Waals surface area contributed by atoms with Gasteiger partial charge in [0.25, 0.3) is 5.91 Å². The minimum absolute atomic E-state index is 0.0242. The molecule has 1 amide bonds. The predicted octanol–water partition coefficient (Wildman–Crippen LogP) is 5.33. The SMILES string of the molecule is C/C=C\c1[nH]c(-c2nc(C3CCN(C(=O)c4ccc(Cl)c(OC)c4)CC3)n3ccnc(N)c23)cc1C. The number of nitrogen functional groups attached to an aromatic ring is 1. The average molecular weight is 505 g/mol. The van der Waals surface area contributed by atoms with Gasteiger partial charge in [-0.1, -0.05) is 17.7 Å². The van der Waals surface area contributed by atoms with Gasteiger partial charge in [-0.3, -0.25) is 9.20 Å². The largest absolute Gasteiger partial charge is 0.495 e. The Bertz CT molecular complexity index is 1460. The first-order chi connectivity index (χ1) is 17.4. The summed E-state index contributed by atoms with van der Waals surface area (Å²) in [5.41, 5.74) is 11.6. The van der Waals surface area contributed by atoms with Crippen LogP contribution < -0.4 is 10.5 Å². The zero-order valence-electron chi connectivity index (χ0n) is 20.6. The van der Waals surface area contributed by atoms with Crippen molar-refractivity contribution < 1.29 is 9.53 Å². The first kappa shape index (κ1) is 23.9. The number of benzene rings is 1. The van der Waals surface area contributed by atoms with Crippen molar-refractivity contribution in [3.8, 4) is 17.1 Å². The number of H-pyrrole nitrogens is 1. The Morgan fingerprint density at radius 3 is 2.78 bits per heavy atom. The number of ether oxygens (including phenoxy) is 1. The third-order valence-electron chi connectivity index (χ3n) is 6.80. The summed E-state index contributed by atoms with van der Waals surface area (Å²) in [4.78, 5) is 27.9. The highest BCUT2D eigenvalue weighted by molar-refractivity contribution is 6.32. The Morgan fingerprint density at radius 1 is 1.28 bits per heavy atom. The number of carbonyl (C=O) groups excluding carboxylic acids is 1. The number of amides is 1. The second kappa shape index (κ2) is 9.70. The van der Waals surface area contributed by atoms with Crippen molar-refractivity contribution in [3.05, 3.63) is 70.4 Å². The maximum absolute atomic E-state index is 13.1. The van der Waals surface area contributed by atoms with E-state index < -0.39 is 0 Å². The smallest absolute Gasteiger partial charge is 0.253 e. The van der Waals surface area contributed by atoms with Gasteiger partial charge in [0.05, 0.1) is 17.8 Å². The molecule has 0 aliphatic carbocycles. The predicted molar refractivity (Wildman–Crippen MR) is 143 cm³/mol. The second-order valence-electron chi connectivity index (χ2n) is 9.05. The fraction of sp³-hybridized carbons (Fsp3) is 0.296. The number of carbonyl (C=O) groups is 1. The van der Waals surface area contributed by atoms with Crippen LogP contribution in [-0.4, -0.2) is 50.4 Å². The lowest BCUT2D eigenvalue weighted by Gasteiger charge is -2.31. The van der Waals surface area contributed by atoms with E-state index in [4.69, 9.17) is 27.1 Å². The number of nitrogens with one attached hydrogen (secondary N) is 1. The molecule has 1 aliphatic rings. The highest BCUT2D eigenvalue weighted by Crippen LogP contribution is 2.35. The molecule has 4 aromatic rings. The van der Waals surface area contributed by atoms with Crippen LogP contribution in [0.2, 0.25) is 5.02 Å². The molecule has 1 aliphatic heterocycles. The average Bonchev–Trinajstić information content (AvgIpc) is 3.46. The van der Waals surface area contributed by atoms with Crippen molar-refractivity contribution in [2.24, 2.45) is 0 Å². The molecule has 0 spiro atoms. The summed E-state index contributed by atoms with van der Waals surface area (Å²) in [6.45, 7) is 5.32. The molecule has 5 rings (SSSR count). The number of methoxy groups -OCH3 is 1. The van der Waals surface area contributed by atoms with Crippen molar-refractivity contribution in [1.29, 1.82) is 0 Å². The van der Waals surface area contributed by atoms with Crippen LogP contribution in [0.1, 0.15) is 53.1 Å². The summed E-state index contributed by atoms with van der Waals surface area (Å²) < 4.78 is 7.33. The highest BCUT2D eigenvalue weighted by atomic mass is 35.5. The number of likely N-dealkylation sites (tertiary alicyclic amines) is 1. The van der Waals surface area contributed by atoms with Gasteiger partial charge in [0.1, 0.15) is 28.6 Å². The number of aromatic amines is 1. The number of hydrogen-bond donors (Lipinski definition) is 2. The van der Waals surface area contributed by atoms with E-state index in [2.05, 4.69) is 27.4 Å². The topological polar surface area (TPSA) is 102 Å². The molecule has 36 heavy (non-hydrogen) atoms. The first-order valence-electron chi connectivity index (χ1n) is 12.0. The lowest BCUT2D eigenvalue weighted by Crippen LogP contribution is -2.38. The van der Waals surface area contributed by atoms with Crippen LogP contribution in [0, 0.1) is 6.92 Å². The van der Waals surface area contributed by atoms with E-state index >= 15 is 0 Å². The Kier molecular flexibility index (Phi) is 6.45. The fourth-order valence-electron chi connectivity index (χ4n) is 4.92. The molecule has 0 bridgehead atoms. The van der Waals surface area contributed by atoms with Gasteiger partial charge in [-0.15, -0.1) is 0 Å². The van der Waals surface area contributed by atoms with Gasteiger partial charge in [0, 0.05) is 42.7 Å². The van der Waals surface area contributed by atoms with E-state index in [1.54, 1.807) is 31.5 Å². The number of piperidine rings is 1. The number of anilines is 1. The molecule has 1 fully saturated rings. The van der Waals surface area contributed by atoms with E-state index in [0.29, 0.717) is 35.2 Å². The van der Waals surface area contributed by atoms with Crippen LogP contribution in [0.25, 0.3) is 23.0 Å². The van der Waals surface area contributed by atoms with Gasteiger partial charge >= 0.3 is 0 Å². The summed E-state index contributed by atoms with van der Waals surface area (Å²) in [5.74, 6) is 2.04. The van der Waals surface area contributed by atoms with Crippen LogP contribution >= 0.6 is 11.6 Å². The Hall–Kier alpha value is -3.78. The van der Waals surface area contributed by atoms with Gasteiger partial charge in [0.15, 0.2) is 0 Å². The minimum atomic E-state index is -0.0242. The van der Waals surface area contributed by atoms with Crippen molar-refractivity contribution in [2.75, 3.05) is 25.9 Å². The number of fused-ring (bicyclic) bond motifs is 1. The number of allylic oxidation sites excluding steroid dienone is 1. The standard InChI is InChI=1S/C27H29ClN6O2/c1-4-5-20-16(2)14-21(31-20)23-24-25(29)30-10-13-34(24)26(32-23)17-8-11-33(12-9-17)27(35)18-6-7-19(28)22(15-18)36-3/h4-7,10,13-15,17,31H,8-9,11-12H2,1-3H3,(H2,29,30)/b5-4-. The lowest BCUT2D eigenvalue weighted by atomic mass is 9.95. The molecule has 9 heteroatoms. The molecule has 4 heterocycles. The maximum atomic E-state index is 13.1. The van der Waals surface area contributed by atoms with Crippen LogP contribution in [0.5, 0.6) is 5.75 Å². The summed E-state index contributed by atoms with van der Waals surface area (Å²) in [6.07, 6.45) is 9.26. The first-order valence-corrected chi connectivity index (χ1v) is 12.4. The molecular formula is C27H29ClN6O2. The van der Waals surface area contributed by atoms with Gasteiger partial charge in [-0.2, -0.15) is 0 Å². The van der Waals surface area contributed by atoms with Gasteiger partial charge in [-0.25, -0.2) is 9.97 Å². The van der Waals surface area contributed by atoms with Crippen molar-refractivity contribution in [1.82, 2.24) is 24.3 Å². The van der Waals surface area contributed by atoms with Crippen LogP contribution in [-0.2, 0) is 0 Å². The summed E-state index contributed by atoms with van der Waals surface area (Å²) in [5, 5.41) is 0.485. The molecule has 0 radical (unpaired) electrons. The Morgan fingerprint density at radius 2 is 2.06 bits per heavy atom. The van der Waals surface area contributed by atoms with Crippen LogP contribution in [0.3, 0.4) is 0 Å². The number of halogens is 1. The quantitative estimate of drug-likeness (QED) is 0.382. The fourth-order valence-corrected chi connectivity index (χ4v) is 5.12. The lowest BCUT2D eigenvalue weighted by molar-refractivity contribution is 0.0710. The molecule has 1 aromatic carbocycles. The normalized spacial score (nSPS) is 14.7. The highest BCUT2D eigenvalue weighted by Gasteiger charge is 2.29. The molecular weight excluding hydrogens is 476 g/mol. The molecule has 0 unspecified atom stereocenters.